The van der Waals surface area contributed by atoms with Crippen LogP contribution in [0.2, 0.25) is 0 Å². The third-order valence-electron chi connectivity index (χ3n) is 6.06. The second-order valence-corrected chi connectivity index (χ2v) is 7.86. The number of non-ortho nitro benzene ring substituents is 1. The van der Waals surface area contributed by atoms with Crippen molar-refractivity contribution in [2.45, 2.75) is 32.0 Å². The van der Waals surface area contributed by atoms with Gasteiger partial charge in [0.05, 0.1) is 23.4 Å². The Morgan fingerprint density at radius 3 is 2.81 bits per heavy atom. The number of benzene rings is 1. The number of nitro groups is 1. The average molecular weight is 422 g/mol. The second-order valence-electron chi connectivity index (χ2n) is 7.86. The number of carbonyl (C=O) groups is 1. The van der Waals surface area contributed by atoms with Crippen molar-refractivity contribution in [2.75, 3.05) is 19.6 Å². The molecule has 160 valence electrons. The fourth-order valence-corrected chi connectivity index (χ4v) is 4.34. The number of hydrogen-bond acceptors (Lipinski definition) is 7. The molecule has 1 saturated heterocycles. The van der Waals surface area contributed by atoms with E-state index < -0.39 is 4.92 Å². The maximum atomic E-state index is 12.9. The molecule has 2 aliphatic heterocycles. The normalized spacial score (nSPS) is 17.5. The largest absolute Gasteiger partial charge is 0.337 e. The molecular weight excluding hydrogens is 400 g/mol. The first kappa shape index (κ1) is 19.4. The lowest BCUT2D eigenvalue weighted by Gasteiger charge is -2.40. The van der Waals surface area contributed by atoms with Crippen molar-refractivity contribution in [3.05, 3.63) is 64.5 Å². The Hall–Kier alpha value is -3.60. The molecule has 1 aromatic carbocycles. The molecule has 4 heterocycles. The summed E-state index contributed by atoms with van der Waals surface area (Å²) >= 11 is 0. The van der Waals surface area contributed by atoms with Crippen LogP contribution < -0.4 is 0 Å². The van der Waals surface area contributed by atoms with Crippen LogP contribution in [0, 0.1) is 10.1 Å². The minimum atomic E-state index is -0.466. The van der Waals surface area contributed by atoms with E-state index in [1.165, 1.54) is 23.0 Å². The third kappa shape index (κ3) is 3.79. The number of nitro benzene ring substituents is 1. The Morgan fingerprint density at radius 1 is 1.16 bits per heavy atom. The van der Waals surface area contributed by atoms with Gasteiger partial charge in [0.2, 0.25) is 0 Å². The summed E-state index contributed by atoms with van der Waals surface area (Å²) in [7, 11) is 0. The zero-order valence-corrected chi connectivity index (χ0v) is 16.9. The van der Waals surface area contributed by atoms with E-state index in [9.17, 15) is 14.9 Å². The van der Waals surface area contributed by atoms with Gasteiger partial charge in [-0.3, -0.25) is 19.8 Å². The molecule has 2 aromatic heterocycles. The van der Waals surface area contributed by atoms with E-state index in [4.69, 9.17) is 0 Å². The number of fused-ring (bicyclic) bond motifs is 1. The molecule has 0 atom stereocenters. The fraction of sp³-hybridized carbons (Fsp3) is 0.400. The molecule has 0 spiro atoms. The van der Waals surface area contributed by atoms with Gasteiger partial charge in [-0.2, -0.15) is 0 Å². The molecule has 2 aliphatic rings. The van der Waals surface area contributed by atoms with Gasteiger partial charge in [-0.1, -0.05) is 11.3 Å². The van der Waals surface area contributed by atoms with Crippen LogP contribution in [0.25, 0.3) is 5.69 Å². The van der Waals surface area contributed by atoms with Crippen molar-refractivity contribution in [3.63, 3.8) is 0 Å². The number of aromatic nitrogens is 5. The molecule has 5 rings (SSSR count). The predicted molar refractivity (Wildman–Crippen MR) is 110 cm³/mol. The van der Waals surface area contributed by atoms with Gasteiger partial charge in [0, 0.05) is 56.7 Å². The van der Waals surface area contributed by atoms with Crippen molar-refractivity contribution >= 4 is 11.6 Å². The van der Waals surface area contributed by atoms with Crippen LogP contribution in [0.3, 0.4) is 0 Å². The summed E-state index contributed by atoms with van der Waals surface area (Å²) in [6.45, 7) is 4.13. The van der Waals surface area contributed by atoms with Gasteiger partial charge in [0.25, 0.3) is 11.6 Å². The summed E-state index contributed by atoms with van der Waals surface area (Å²) in [6, 6.07) is 6.51. The number of carbonyl (C=O) groups excluding carboxylic acids is 1. The summed E-state index contributed by atoms with van der Waals surface area (Å²) < 4.78 is 3.59. The average Bonchev–Trinajstić information content (AvgIpc) is 3.48. The van der Waals surface area contributed by atoms with E-state index in [-0.39, 0.29) is 17.3 Å². The molecule has 1 amide bonds. The summed E-state index contributed by atoms with van der Waals surface area (Å²) in [4.78, 5) is 32.1. The number of hydrogen-bond donors (Lipinski definition) is 0. The lowest BCUT2D eigenvalue weighted by Crippen LogP contribution is -2.48. The first-order valence-corrected chi connectivity index (χ1v) is 10.3. The molecule has 1 fully saturated rings. The molecule has 0 bridgehead atoms. The smallest absolute Gasteiger partial charge is 0.276 e. The maximum absolute atomic E-state index is 12.9. The zero-order valence-electron chi connectivity index (χ0n) is 16.9. The van der Waals surface area contributed by atoms with Gasteiger partial charge in [0.15, 0.2) is 5.69 Å². The lowest BCUT2D eigenvalue weighted by molar-refractivity contribution is -0.384. The van der Waals surface area contributed by atoms with Gasteiger partial charge in [-0.15, -0.1) is 5.10 Å². The van der Waals surface area contributed by atoms with E-state index in [2.05, 4.69) is 24.8 Å². The first-order chi connectivity index (χ1) is 15.1. The van der Waals surface area contributed by atoms with Crippen LogP contribution in [0.5, 0.6) is 0 Å². The van der Waals surface area contributed by atoms with Crippen molar-refractivity contribution in [2.24, 2.45) is 0 Å². The van der Waals surface area contributed by atoms with Crippen LogP contribution in [-0.4, -0.2) is 70.9 Å². The Kier molecular flexibility index (Phi) is 4.94. The number of piperidine rings is 1. The van der Waals surface area contributed by atoms with Crippen molar-refractivity contribution in [1.29, 1.82) is 0 Å². The Labute approximate surface area is 178 Å². The van der Waals surface area contributed by atoms with Crippen LogP contribution in [-0.2, 0) is 13.1 Å². The number of rotatable bonds is 4. The summed E-state index contributed by atoms with van der Waals surface area (Å²) in [6.07, 6.45) is 7.21. The highest BCUT2D eigenvalue weighted by atomic mass is 16.6. The molecule has 0 aliphatic carbocycles. The summed E-state index contributed by atoms with van der Waals surface area (Å²) in [5.74, 6) is 0.937. The minimum Gasteiger partial charge on any atom is -0.337 e. The number of amides is 1. The van der Waals surface area contributed by atoms with E-state index in [0.29, 0.717) is 24.8 Å². The van der Waals surface area contributed by atoms with Crippen LogP contribution in [0.4, 0.5) is 5.69 Å². The highest BCUT2D eigenvalue weighted by Crippen LogP contribution is 2.22. The Balaban J connectivity index is 1.21. The van der Waals surface area contributed by atoms with Gasteiger partial charge >= 0.3 is 0 Å². The van der Waals surface area contributed by atoms with Crippen LogP contribution in [0.15, 0.2) is 42.9 Å². The zero-order chi connectivity index (χ0) is 21.4. The van der Waals surface area contributed by atoms with Gasteiger partial charge in [-0.25, -0.2) is 9.67 Å². The molecule has 0 N–H and O–H groups in total. The van der Waals surface area contributed by atoms with Crippen LogP contribution >= 0.6 is 0 Å². The van der Waals surface area contributed by atoms with Gasteiger partial charge in [-0.05, 0) is 18.9 Å². The highest BCUT2D eigenvalue weighted by Gasteiger charge is 2.30. The molecule has 11 heteroatoms. The Bertz CT molecular complexity index is 1120. The van der Waals surface area contributed by atoms with Crippen molar-refractivity contribution in [3.8, 4) is 5.69 Å². The quantitative estimate of drug-likeness (QED) is 0.462. The topological polar surface area (TPSA) is 115 Å². The predicted octanol–water partition coefficient (Wildman–Crippen LogP) is 1.49. The van der Waals surface area contributed by atoms with E-state index in [0.717, 1.165) is 38.3 Å². The van der Waals surface area contributed by atoms with E-state index >= 15 is 0 Å². The summed E-state index contributed by atoms with van der Waals surface area (Å²) in [5, 5.41) is 19.0. The minimum absolute atomic E-state index is 0.0388. The molecule has 3 aromatic rings. The SMILES string of the molecule is O=C(c1cn(-c2cccc([N+](=O)[O-])c2)nn1)N1CCC(N2CCn3ccnc3C2)CC1. The van der Waals surface area contributed by atoms with Gasteiger partial charge in [0.1, 0.15) is 5.82 Å². The standard InChI is InChI=1S/C20H22N8O3/c29-20(18-13-27(23-22-18)16-2-1-3-17(12-16)28(30)31)25-7-4-15(5-8-25)26-11-10-24-9-6-21-19(24)14-26/h1-3,6,9,12-13,15H,4-5,7-8,10-11,14H2. The number of nitrogens with zero attached hydrogens (tertiary/aromatic N) is 8. The van der Waals surface area contributed by atoms with Gasteiger partial charge < -0.3 is 9.47 Å². The van der Waals surface area contributed by atoms with Crippen LogP contribution in [0.1, 0.15) is 29.2 Å². The second kappa shape index (κ2) is 7.91. The van der Waals surface area contributed by atoms with E-state index in [1.54, 1.807) is 12.1 Å². The summed E-state index contributed by atoms with van der Waals surface area (Å²) in [5.41, 5.74) is 0.691. The Morgan fingerprint density at radius 2 is 2.00 bits per heavy atom. The maximum Gasteiger partial charge on any atom is 0.276 e. The molecule has 0 saturated carbocycles. The molecule has 31 heavy (non-hydrogen) atoms. The monoisotopic (exact) mass is 422 g/mol. The highest BCUT2D eigenvalue weighted by molar-refractivity contribution is 5.92. The first-order valence-electron chi connectivity index (χ1n) is 10.3. The lowest BCUT2D eigenvalue weighted by atomic mass is 10.0. The number of imidazole rings is 1. The van der Waals surface area contributed by atoms with Crippen molar-refractivity contribution in [1.82, 2.24) is 34.3 Å². The number of likely N-dealkylation sites (tertiary alicyclic amines) is 1. The van der Waals surface area contributed by atoms with Crippen molar-refractivity contribution < 1.29 is 9.72 Å². The fourth-order valence-electron chi connectivity index (χ4n) is 4.34. The molecular formula is C20H22N8O3. The molecule has 0 unspecified atom stereocenters. The van der Waals surface area contributed by atoms with E-state index in [1.807, 2.05) is 17.3 Å². The third-order valence-corrected chi connectivity index (χ3v) is 6.06. The molecule has 0 radical (unpaired) electrons. The molecule has 11 nitrogen and oxygen atoms in total.